The summed E-state index contributed by atoms with van der Waals surface area (Å²) < 4.78 is 6.00. The predicted octanol–water partition coefficient (Wildman–Crippen LogP) is 3.09. The summed E-state index contributed by atoms with van der Waals surface area (Å²) in [6, 6.07) is 9.89. The van der Waals surface area contributed by atoms with Gasteiger partial charge in [0.05, 0.1) is 23.5 Å². The lowest BCUT2D eigenvalue weighted by atomic mass is 10.1. The highest BCUT2D eigenvalue weighted by Crippen LogP contribution is 2.21. The molecule has 0 saturated carbocycles. The van der Waals surface area contributed by atoms with Crippen molar-refractivity contribution in [3.63, 3.8) is 0 Å². The van der Waals surface area contributed by atoms with Crippen LogP contribution < -0.4 is 15.8 Å². The van der Waals surface area contributed by atoms with E-state index in [1.165, 1.54) is 5.56 Å². The molecule has 0 aliphatic heterocycles. The quantitative estimate of drug-likeness (QED) is 0.888. The lowest BCUT2D eigenvalue weighted by Gasteiger charge is -2.08. The zero-order valence-electron chi connectivity index (χ0n) is 10.7. The fourth-order valence-electron chi connectivity index (χ4n) is 1.70. The molecule has 1 aromatic heterocycles. The summed E-state index contributed by atoms with van der Waals surface area (Å²) in [5.41, 5.74) is 7.54. The van der Waals surface area contributed by atoms with E-state index in [-0.39, 0.29) is 0 Å². The largest absolute Gasteiger partial charge is 0.497 e. The number of nitrogens with one attached hydrogen (secondary N) is 1. The monoisotopic (exact) mass is 321 g/mol. The van der Waals surface area contributed by atoms with Crippen molar-refractivity contribution in [3.8, 4) is 5.75 Å². The maximum atomic E-state index is 5.64. The van der Waals surface area contributed by atoms with Crippen LogP contribution in [0.1, 0.15) is 5.56 Å². The van der Waals surface area contributed by atoms with Crippen molar-refractivity contribution >= 4 is 27.4 Å². The number of nitrogens with zero attached hydrogens (tertiary/aromatic N) is 1. The summed E-state index contributed by atoms with van der Waals surface area (Å²) in [4.78, 5) is 4.23. The van der Waals surface area contributed by atoms with Gasteiger partial charge in [-0.3, -0.25) is 0 Å². The normalized spacial score (nSPS) is 10.2. The van der Waals surface area contributed by atoms with E-state index in [4.69, 9.17) is 10.5 Å². The van der Waals surface area contributed by atoms with Crippen LogP contribution in [0.15, 0.2) is 41.0 Å². The van der Waals surface area contributed by atoms with E-state index in [1.807, 2.05) is 18.2 Å². The van der Waals surface area contributed by atoms with Crippen LogP contribution in [0.3, 0.4) is 0 Å². The molecule has 1 aromatic carbocycles. The lowest BCUT2D eigenvalue weighted by Crippen LogP contribution is -2.07. The van der Waals surface area contributed by atoms with Crippen LogP contribution in [0, 0.1) is 0 Å². The molecule has 0 amide bonds. The molecule has 2 rings (SSSR count). The number of nitrogen functional groups attached to an aromatic ring is 1. The Morgan fingerprint density at radius 1 is 1.32 bits per heavy atom. The van der Waals surface area contributed by atoms with Gasteiger partial charge < -0.3 is 15.8 Å². The fraction of sp³-hybridized carbons (Fsp3) is 0.214. The van der Waals surface area contributed by atoms with E-state index < -0.39 is 0 Å². The maximum Gasteiger partial charge on any atom is 0.140 e. The van der Waals surface area contributed by atoms with Crippen molar-refractivity contribution in [2.75, 3.05) is 24.7 Å². The third-order valence-electron chi connectivity index (χ3n) is 2.73. The number of halogens is 1. The molecular formula is C14H16BrN3O. The van der Waals surface area contributed by atoms with Crippen LogP contribution in [0.2, 0.25) is 0 Å². The van der Waals surface area contributed by atoms with Crippen LogP contribution in [0.4, 0.5) is 11.5 Å². The van der Waals surface area contributed by atoms with Gasteiger partial charge in [-0.15, -0.1) is 0 Å². The summed E-state index contributed by atoms with van der Waals surface area (Å²) in [5, 5.41) is 3.27. The SMILES string of the molecule is COc1ccc(CCNc2ncc(N)cc2Br)cc1. The standard InChI is InChI=1S/C14H16BrN3O/c1-19-12-4-2-10(3-5-12)6-7-17-14-13(15)8-11(16)9-18-14/h2-5,8-9H,6-7,16H2,1H3,(H,17,18). The van der Waals surface area contributed by atoms with Gasteiger partial charge >= 0.3 is 0 Å². The van der Waals surface area contributed by atoms with Gasteiger partial charge in [0.2, 0.25) is 0 Å². The zero-order valence-corrected chi connectivity index (χ0v) is 12.3. The topological polar surface area (TPSA) is 60.2 Å². The third-order valence-corrected chi connectivity index (χ3v) is 3.33. The number of benzene rings is 1. The number of hydrogen-bond donors (Lipinski definition) is 2. The van der Waals surface area contributed by atoms with Gasteiger partial charge in [-0.05, 0) is 46.1 Å². The van der Waals surface area contributed by atoms with Crippen LogP contribution in [-0.2, 0) is 6.42 Å². The molecule has 0 radical (unpaired) electrons. The molecule has 0 aliphatic carbocycles. The number of methoxy groups -OCH3 is 1. The number of aromatic nitrogens is 1. The molecule has 100 valence electrons. The second-order valence-electron chi connectivity index (χ2n) is 4.12. The van der Waals surface area contributed by atoms with Crippen molar-refractivity contribution in [1.82, 2.24) is 4.98 Å². The van der Waals surface area contributed by atoms with Crippen LogP contribution >= 0.6 is 15.9 Å². The number of ether oxygens (including phenoxy) is 1. The van der Waals surface area contributed by atoms with E-state index in [9.17, 15) is 0 Å². The van der Waals surface area contributed by atoms with Gasteiger partial charge in [0.15, 0.2) is 0 Å². The molecule has 2 aromatic rings. The van der Waals surface area contributed by atoms with Crippen molar-refractivity contribution in [1.29, 1.82) is 0 Å². The molecule has 0 bridgehead atoms. The van der Waals surface area contributed by atoms with Gasteiger partial charge in [-0.25, -0.2) is 4.98 Å². The first kappa shape index (κ1) is 13.7. The minimum atomic E-state index is 0.646. The Morgan fingerprint density at radius 2 is 2.05 bits per heavy atom. The summed E-state index contributed by atoms with van der Waals surface area (Å²) in [5.74, 6) is 1.68. The van der Waals surface area contributed by atoms with Crippen molar-refractivity contribution < 1.29 is 4.74 Å². The number of anilines is 2. The molecule has 0 unspecified atom stereocenters. The van der Waals surface area contributed by atoms with E-state index >= 15 is 0 Å². The van der Waals surface area contributed by atoms with Crippen LogP contribution in [0.25, 0.3) is 0 Å². The molecule has 0 fully saturated rings. The Bertz CT molecular complexity index is 543. The smallest absolute Gasteiger partial charge is 0.140 e. The first-order chi connectivity index (χ1) is 9.19. The van der Waals surface area contributed by atoms with Gasteiger partial charge in [0, 0.05) is 6.54 Å². The van der Waals surface area contributed by atoms with E-state index in [2.05, 4.69) is 38.4 Å². The Kier molecular flexibility index (Phi) is 4.63. The van der Waals surface area contributed by atoms with Gasteiger partial charge in [-0.2, -0.15) is 0 Å². The molecule has 4 nitrogen and oxygen atoms in total. The predicted molar refractivity (Wildman–Crippen MR) is 81.5 cm³/mol. The first-order valence-electron chi connectivity index (χ1n) is 5.97. The molecule has 0 atom stereocenters. The molecule has 1 heterocycles. The molecule has 0 saturated heterocycles. The Morgan fingerprint density at radius 3 is 2.68 bits per heavy atom. The van der Waals surface area contributed by atoms with Crippen LogP contribution in [0.5, 0.6) is 5.75 Å². The molecular weight excluding hydrogens is 306 g/mol. The highest BCUT2D eigenvalue weighted by molar-refractivity contribution is 9.10. The number of pyridine rings is 1. The number of hydrogen-bond acceptors (Lipinski definition) is 4. The summed E-state index contributed by atoms with van der Waals surface area (Å²) in [6.45, 7) is 0.807. The molecule has 5 heteroatoms. The molecule has 0 aliphatic rings. The molecule has 0 spiro atoms. The van der Waals surface area contributed by atoms with Crippen molar-refractivity contribution in [3.05, 3.63) is 46.6 Å². The number of rotatable bonds is 5. The second-order valence-corrected chi connectivity index (χ2v) is 4.98. The van der Waals surface area contributed by atoms with Crippen molar-refractivity contribution in [2.45, 2.75) is 6.42 Å². The highest BCUT2D eigenvalue weighted by atomic mass is 79.9. The zero-order chi connectivity index (χ0) is 13.7. The Hall–Kier alpha value is -1.75. The van der Waals surface area contributed by atoms with E-state index in [0.717, 1.165) is 29.0 Å². The second kappa shape index (κ2) is 6.43. The average molecular weight is 322 g/mol. The van der Waals surface area contributed by atoms with Crippen LogP contribution in [-0.4, -0.2) is 18.6 Å². The average Bonchev–Trinajstić information content (AvgIpc) is 2.42. The summed E-state index contributed by atoms with van der Waals surface area (Å²) in [7, 11) is 1.67. The molecule has 3 N–H and O–H groups in total. The number of nitrogens with two attached hydrogens (primary N) is 1. The highest BCUT2D eigenvalue weighted by Gasteiger charge is 2.01. The van der Waals surface area contributed by atoms with Gasteiger partial charge in [0.1, 0.15) is 11.6 Å². The van der Waals surface area contributed by atoms with Crippen molar-refractivity contribution in [2.24, 2.45) is 0 Å². The van der Waals surface area contributed by atoms with E-state index in [0.29, 0.717) is 5.69 Å². The first-order valence-corrected chi connectivity index (χ1v) is 6.76. The third kappa shape index (κ3) is 3.86. The summed E-state index contributed by atoms with van der Waals surface area (Å²) in [6.07, 6.45) is 2.56. The van der Waals surface area contributed by atoms with Gasteiger partial charge in [0.25, 0.3) is 0 Å². The fourth-order valence-corrected chi connectivity index (χ4v) is 2.21. The maximum absolute atomic E-state index is 5.64. The van der Waals surface area contributed by atoms with Gasteiger partial charge in [-0.1, -0.05) is 12.1 Å². The Labute approximate surface area is 121 Å². The minimum absolute atomic E-state index is 0.646. The minimum Gasteiger partial charge on any atom is -0.497 e. The van der Waals surface area contributed by atoms with E-state index in [1.54, 1.807) is 13.3 Å². The summed E-state index contributed by atoms with van der Waals surface area (Å²) >= 11 is 3.43. The Balaban J connectivity index is 1.88. The molecule has 19 heavy (non-hydrogen) atoms. The lowest BCUT2D eigenvalue weighted by molar-refractivity contribution is 0.414.